The number of H-pyrrole nitrogens is 1. The number of nitrogens with zero attached hydrogens (tertiary/aromatic N) is 2. The van der Waals surface area contributed by atoms with Crippen LogP contribution in [0, 0.1) is 0 Å². The third-order valence-electron chi connectivity index (χ3n) is 3.12. The molecule has 0 radical (unpaired) electrons. The van der Waals surface area contributed by atoms with Crippen LogP contribution < -0.4 is 10.6 Å². The average molecular weight is 303 g/mol. The predicted molar refractivity (Wildman–Crippen MR) is 87.1 cm³/mol. The van der Waals surface area contributed by atoms with Gasteiger partial charge in [-0.3, -0.25) is 5.10 Å². The molecule has 0 aliphatic heterocycles. The van der Waals surface area contributed by atoms with Crippen LogP contribution in [0.1, 0.15) is 0 Å². The fourth-order valence-electron chi connectivity index (χ4n) is 2.09. The third kappa shape index (κ3) is 2.84. The molecular formula is C14H17N5OS. The van der Waals surface area contributed by atoms with Crippen molar-refractivity contribution in [2.45, 2.75) is 0 Å². The van der Waals surface area contributed by atoms with E-state index in [1.807, 2.05) is 19.2 Å². The first-order valence-electron chi connectivity index (χ1n) is 6.66. The summed E-state index contributed by atoms with van der Waals surface area (Å²) in [6.45, 7) is 1.42. The molecule has 3 heterocycles. The van der Waals surface area contributed by atoms with Crippen LogP contribution in [0.3, 0.4) is 0 Å². The van der Waals surface area contributed by atoms with Crippen molar-refractivity contribution in [1.29, 1.82) is 0 Å². The molecule has 7 heteroatoms. The molecule has 0 unspecified atom stereocenters. The highest BCUT2D eigenvalue weighted by atomic mass is 32.1. The minimum atomic E-state index is 0.664. The monoisotopic (exact) mass is 303 g/mol. The van der Waals surface area contributed by atoms with Crippen molar-refractivity contribution < 1.29 is 4.74 Å². The zero-order valence-corrected chi connectivity index (χ0v) is 12.8. The lowest BCUT2D eigenvalue weighted by Gasteiger charge is -2.08. The van der Waals surface area contributed by atoms with Crippen molar-refractivity contribution in [2.24, 2.45) is 0 Å². The zero-order chi connectivity index (χ0) is 14.7. The van der Waals surface area contributed by atoms with Crippen molar-refractivity contribution in [2.75, 3.05) is 37.9 Å². The zero-order valence-electron chi connectivity index (χ0n) is 11.9. The third-order valence-corrected chi connectivity index (χ3v) is 4.31. The molecule has 110 valence electrons. The Bertz CT molecular complexity index is 722. The number of ether oxygens (including phenoxy) is 1. The summed E-state index contributed by atoms with van der Waals surface area (Å²) in [6, 6.07) is 6.06. The SMILES string of the molecule is CNc1cc(NCCOC)c2sc(-c3ccn[nH]3)cc2n1. The predicted octanol–water partition coefficient (Wildman–Crippen LogP) is 2.79. The normalized spacial score (nSPS) is 11.0. The van der Waals surface area contributed by atoms with Gasteiger partial charge in [0.25, 0.3) is 0 Å². The van der Waals surface area contributed by atoms with Crippen molar-refractivity contribution in [3.63, 3.8) is 0 Å². The first-order valence-corrected chi connectivity index (χ1v) is 7.48. The van der Waals surface area contributed by atoms with E-state index in [2.05, 4.69) is 31.9 Å². The van der Waals surface area contributed by atoms with Gasteiger partial charge in [-0.2, -0.15) is 5.10 Å². The van der Waals surface area contributed by atoms with Gasteiger partial charge >= 0.3 is 0 Å². The fraction of sp³-hybridized carbons (Fsp3) is 0.286. The van der Waals surface area contributed by atoms with Gasteiger partial charge in [0.2, 0.25) is 0 Å². The number of pyridine rings is 1. The van der Waals surface area contributed by atoms with E-state index < -0.39 is 0 Å². The Morgan fingerprint density at radius 3 is 3.00 bits per heavy atom. The van der Waals surface area contributed by atoms with Gasteiger partial charge in [-0.05, 0) is 12.1 Å². The number of nitrogens with one attached hydrogen (secondary N) is 3. The van der Waals surface area contributed by atoms with Gasteiger partial charge in [0.15, 0.2) is 0 Å². The van der Waals surface area contributed by atoms with E-state index >= 15 is 0 Å². The van der Waals surface area contributed by atoms with E-state index in [9.17, 15) is 0 Å². The lowest BCUT2D eigenvalue weighted by Crippen LogP contribution is -2.08. The highest BCUT2D eigenvalue weighted by Crippen LogP contribution is 2.37. The number of thiophene rings is 1. The molecule has 3 rings (SSSR count). The van der Waals surface area contributed by atoms with E-state index in [0.29, 0.717) is 6.61 Å². The molecule has 0 spiro atoms. The Morgan fingerprint density at radius 1 is 1.38 bits per heavy atom. The summed E-state index contributed by atoms with van der Waals surface area (Å²) < 4.78 is 6.23. The molecule has 0 saturated carbocycles. The number of fused-ring (bicyclic) bond motifs is 1. The summed E-state index contributed by atoms with van der Waals surface area (Å²) in [4.78, 5) is 5.73. The van der Waals surface area contributed by atoms with Crippen LogP contribution in [-0.2, 0) is 4.74 Å². The van der Waals surface area contributed by atoms with Crippen molar-refractivity contribution >= 4 is 33.1 Å². The fourth-order valence-corrected chi connectivity index (χ4v) is 3.16. The highest BCUT2D eigenvalue weighted by molar-refractivity contribution is 7.22. The topological polar surface area (TPSA) is 74.9 Å². The number of hydrogen-bond donors (Lipinski definition) is 3. The molecule has 0 aromatic carbocycles. The lowest BCUT2D eigenvalue weighted by molar-refractivity contribution is 0.211. The standard InChI is InChI=1S/C14H17N5OS/c1-15-13-8-10(16-5-6-20-2)14-11(18-13)7-12(21-14)9-3-4-17-19-9/h3-4,7-8H,5-6H2,1-2H3,(H,17,19)(H2,15,16,18). The Morgan fingerprint density at radius 2 is 2.29 bits per heavy atom. The molecule has 21 heavy (non-hydrogen) atoms. The first-order chi connectivity index (χ1) is 10.3. The molecule has 0 bridgehead atoms. The molecule has 0 aliphatic carbocycles. The Kier molecular flexibility index (Phi) is 4.03. The Hall–Kier alpha value is -2.12. The van der Waals surface area contributed by atoms with E-state index in [1.165, 1.54) is 0 Å². The molecular weight excluding hydrogens is 286 g/mol. The van der Waals surface area contributed by atoms with E-state index in [-0.39, 0.29) is 0 Å². The van der Waals surface area contributed by atoms with Gasteiger partial charge in [-0.25, -0.2) is 4.98 Å². The van der Waals surface area contributed by atoms with Crippen LogP contribution in [0.4, 0.5) is 11.5 Å². The number of methoxy groups -OCH3 is 1. The minimum absolute atomic E-state index is 0.664. The van der Waals surface area contributed by atoms with Gasteiger partial charge in [-0.1, -0.05) is 0 Å². The van der Waals surface area contributed by atoms with Gasteiger partial charge in [0, 0.05) is 33.0 Å². The molecule has 0 aliphatic rings. The van der Waals surface area contributed by atoms with E-state index in [0.717, 1.165) is 38.8 Å². The van der Waals surface area contributed by atoms with Crippen LogP contribution in [0.2, 0.25) is 0 Å². The van der Waals surface area contributed by atoms with Crippen molar-refractivity contribution in [3.8, 4) is 10.6 Å². The molecule has 3 aromatic rings. The smallest absolute Gasteiger partial charge is 0.128 e. The van der Waals surface area contributed by atoms with E-state index in [4.69, 9.17) is 4.74 Å². The maximum atomic E-state index is 5.09. The summed E-state index contributed by atoms with van der Waals surface area (Å²) in [6.07, 6.45) is 1.75. The molecule has 6 nitrogen and oxygen atoms in total. The molecule has 0 atom stereocenters. The van der Waals surface area contributed by atoms with E-state index in [1.54, 1.807) is 24.6 Å². The molecule has 0 fully saturated rings. The summed E-state index contributed by atoms with van der Waals surface area (Å²) in [7, 11) is 3.57. The second kappa shape index (κ2) is 6.11. The summed E-state index contributed by atoms with van der Waals surface area (Å²) >= 11 is 1.69. The quantitative estimate of drug-likeness (QED) is 0.611. The molecule has 3 aromatic heterocycles. The van der Waals surface area contributed by atoms with Gasteiger partial charge in [0.1, 0.15) is 5.82 Å². The number of rotatable bonds is 6. The summed E-state index contributed by atoms with van der Waals surface area (Å²) in [5, 5.41) is 13.5. The largest absolute Gasteiger partial charge is 0.383 e. The first kappa shape index (κ1) is 13.8. The lowest BCUT2D eigenvalue weighted by atomic mass is 10.3. The molecule has 3 N–H and O–H groups in total. The number of hydrogen-bond acceptors (Lipinski definition) is 6. The summed E-state index contributed by atoms with van der Waals surface area (Å²) in [5.41, 5.74) is 3.04. The van der Waals surface area contributed by atoms with Gasteiger partial charge in [0.05, 0.1) is 33.1 Å². The number of anilines is 2. The Balaban J connectivity index is 2.02. The van der Waals surface area contributed by atoms with Gasteiger partial charge < -0.3 is 15.4 Å². The number of aromatic amines is 1. The maximum absolute atomic E-state index is 5.09. The van der Waals surface area contributed by atoms with Crippen LogP contribution in [0.15, 0.2) is 24.4 Å². The molecule has 0 amide bonds. The van der Waals surface area contributed by atoms with Crippen molar-refractivity contribution in [1.82, 2.24) is 15.2 Å². The number of aromatic nitrogens is 3. The van der Waals surface area contributed by atoms with Crippen LogP contribution in [-0.4, -0.2) is 42.5 Å². The minimum Gasteiger partial charge on any atom is -0.383 e. The second-order valence-corrected chi connectivity index (χ2v) is 5.57. The van der Waals surface area contributed by atoms with Crippen LogP contribution in [0.5, 0.6) is 0 Å². The van der Waals surface area contributed by atoms with Crippen molar-refractivity contribution in [3.05, 3.63) is 24.4 Å². The Labute approximate surface area is 126 Å². The summed E-state index contributed by atoms with van der Waals surface area (Å²) in [5.74, 6) is 0.844. The highest BCUT2D eigenvalue weighted by Gasteiger charge is 2.11. The average Bonchev–Trinajstić information content (AvgIpc) is 3.15. The van der Waals surface area contributed by atoms with Gasteiger partial charge in [-0.15, -0.1) is 11.3 Å². The maximum Gasteiger partial charge on any atom is 0.128 e. The van der Waals surface area contributed by atoms with Crippen LogP contribution >= 0.6 is 11.3 Å². The molecule has 0 saturated heterocycles. The van der Waals surface area contributed by atoms with Crippen LogP contribution in [0.25, 0.3) is 20.8 Å². The second-order valence-electron chi connectivity index (χ2n) is 4.52.